The molecule has 2 aromatic rings. The van der Waals surface area contributed by atoms with E-state index >= 15 is 0 Å². The Hall–Kier alpha value is -2.19. The number of aromatic nitrogens is 2. The molecule has 1 heterocycles. The summed E-state index contributed by atoms with van der Waals surface area (Å²) >= 11 is 0. The predicted octanol–water partition coefficient (Wildman–Crippen LogP) is 2.99. The molecule has 0 spiro atoms. The normalized spacial score (nSPS) is 12.3. The van der Waals surface area contributed by atoms with Gasteiger partial charge in [-0.15, -0.1) is 0 Å². The number of anilines is 3. The Bertz CT molecular complexity index is 858. The second-order valence-electron chi connectivity index (χ2n) is 7.04. The van der Waals surface area contributed by atoms with Gasteiger partial charge in [0.15, 0.2) is 0 Å². The van der Waals surface area contributed by atoms with Crippen molar-refractivity contribution in [2.45, 2.75) is 38.1 Å². The van der Waals surface area contributed by atoms with Crippen LogP contribution in [0.4, 0.5) is 17.5 Å². The molecule has 1 aromatic heterocycles. The van der Waals surface area contributed by atoms with E-state index in [0.29, 0.717) is 17.5 Å². The van der Waals surface area contributed by atoms with Gasteiger partial charge in [0.25, 0.3) is 0 Å². The van der Waals surface area contributed by atoms with Crippen molar-refractivity contribution in [1.29, 1.82) is 0 Å². The molecule has 0 amide bonds. The maximum absolute atomic E-state index is 12.3. The maximum Gasteiger partial charge on any atom is 0.242 e. The number of nitrogens with zero attached hydrogens (tertiary/aromatic N) is 3. The van der Waals surface area contributed by atoms with Gasteiger partial charge in [-0.1, -0.05) is 6.07 Å². The fourth-order valence-electron chi connectivity index (χ4n) is 2.05. The molecule has 0 atom stereocenters. The molecule has 2 rings (SSSR count). The van der Waals surface area contributed by atoms with Crippen molar-refractivity contribution in [3.8, 4) is 0 Å². The van der Waals surface area contributed by atoms with E-state index in [-0.39, 0.29) is 10.4 Å². The average Bonchev–Trinajstić information content (AvgIpc) is 2.49. The summed E-state index contributed by atoms with van der Waals surface area (Å²) in [5, 5.41) is 6.40. The lowest BCUT2D eigenvalue weighted by molar-refractivity contribution is 0.521. The third-order valence-electron chi connectivity index (χ3n) is 3.33. The van der Waals surface area contributed by atoms with Gasteiger partial charge in [0, 0.05) is 37.1 Å². The molecule has 0 bridgehead atoms. The minimum Gasteiger partial charge on any atom is -0.350 e. The quantitative estimate of drug-likeness (QED) is 0.849. The molecule has 0 saturated carbocycles. The van der Waals surface area contributed by atoms with E-state index in [1.165, 1.54) is 18.4 Å². The number of nitrogens with one attached hydrogen (secondary N) is 2. The third kappa shape index (κ3) is 4.90. The van der Waals surface area contributed by atoms with Crippen LogP contribution in [0.5, 0.6) is 0 Å². The molecule has 0 aliphatic carbocycles. The van der Waals surface area contributed by atoms with Crippen LogP contribution in [0.1, 0.15) is 26.3 Å². The van der Waals surface area contributed by atoms with Gasteiger partial charge < -0.3 is 10.6 Å². The lowest BCUT2D eigenvalue weighted by Gasteiger charge is -2.21. The van der Waals surface area contributed by atoms with E-state index in [1.807, 2.05) is 27.7 Å². The van der Waals surface area contributed by atoms with E-state index < -0.39 is 10.0 Å². The molecule has 25 heavy (non-hydrogen) atoms. The van der Waals surface area contributed by atoms with Crippen molar-refractivity contribution in [1.82, 2.24) is 14.3 Å². The van der Waals surface area contributed by atoms with Crippen molar-refractivity contribution in [3.05, 3.63) is 36.0 Å². The number of sulfonamides is 1. The number of hydrogen-bond acceptors (Lipinski definition) is 6. The first-order valence-corrected chi connectivity index (χ1v) is 9.34. The number of hydrogen-bond donors (Lipinski definition) is 2. The Morgan fingerprint density at radius 3 is 2.44 bits per heavy atom. The SMILES string of the molecule is Cc1cnc(NC(C)(C)C)nc1Nc1cccc(S(=O)(=O)N(C)C)c1. The standard InChI is InChI=1S/C17H25N5O2S/c1-12-11-18-16(21-17(2,3)4)20-15(12)19-13-8-7-9-14(10-13)25(23,24)22(5)6/h7-11H,1-6H3,(H2,18,19,20,21). The molecule has 136 valence electrons. The van der Waals surface area contributed by atoms with Gasteiger partial charge in [-0.05, 0) is 45.9 Å². The molecule has 8 heteroatoms. The molecular formula is C17H25N5O2S. The van der Waals surface area contributed by atoms with Crippen molar-refractivity contribution in [2.24, 2.45) is 0 Å². The third-order valence-corrected chi connectivity index (χ3v) is 5.14. The average molecular weight is 363 g/mol. The summed E-state index contributed by atoms with van der Waals surface area (Å²) < 4.78 is 25.7. The van der Waals surface area contributed by atoms with E-state index in [1.54, 1.807) is 30.5 Å². The molecule has 0 aliphatic rings. The minimum absolute atomic E-state index is 0.160. The summed E-state index contributed by atoms with van der Waals surface area (Å²) in [5.41, 5.74) is 1.35. The summed E-state index contributed by atoms with van der Waals surface area (Å²) in [6, 6.07) is 6.66. The highest BCUT2D eigenvalue weighted by molar-refractivity contribution is 7.89. The summed E-state index contributed by atoms with van der Waals surface area (Å²) in [4.78, 5) is 8.99. The molecule has 0 radical (unpaired) electrons. The zero-order valence-electron chi connectivity index (χ0n) is 15.5. The van der Waals surface area contributed by atoms with E-state index in [0.717, 1.165) is 5.56 Å². The van der Waals surface area contributed by atoms with Crippen LogP contribution >= 0.6 is 0 Å². The zero-order valence-corrected chi connectivity index (χ0v) is 16.3. The van der Waals surface area contributed by atoms with Crippen molar-refractivity contribution >= 4 is 27.5 Å². The Morgan fingerprint density at radius 1 is 1.16 bits per heavy atom. The monoisotopic (exact) mass is 363 g/mol. The fourth-order valence-corrected chi connectivity index (χ4v) is 2.99. The van der Waals surface area contributed by atoms with Crippen LogP contribution < -0.4 is 10.6 Å². The Labute approximate surface area is 149 Å². The van der Waals surface area contributed by atoms with Crippen molar-refractivity contribution < 1.29 is 8.42 Å². The van der Waals surface area contributed by atoms with E-state index in [4.69, 9.17) is 0 Å². The topological polar surface area (TPSA) is 87.2 Å². The smallest absolute Gasteiger partial charge is 0.242 e. The molecule has 2 N–H and O–H groups in total. The first-order chi connectivity index (χ1) is 11.5. The Morgan fingerprint density at radius 2 is 1.84 bits per heavy atom. The Balaban J connectivity index is 2.33. The zero-order chi connectivity index (χ0) is 18.8. The molecule has 0 unspecified atom stereocenters. The van der Waals surface area contributed by atoms with E-state index in [2.05, 4.69) is 20.6 Å². The van der Waals surface area contributed by atoms with Gasteiger partial charge in [0.2, 0.25) is 16.0 Å². The second kappa shape index (κ2) is 6.97. The second-order valence-corrected chi connectivity index (χ2v) is 9.19. The molecule has 0 saturated heterocycles. The van der Waals surface area contributed by atoms with Crippen LogP contribution in [0.15, 0.2) is 35.4 Å². The molecule has 0 aliphatic heterocycles. The van der Waals surface area contributed by atoms with Crippen LogP contribution in [0, 0.1) is 6.92 Å². The summed E-state index contributed by atoms with van der Waals surface area (Å²) in [7, 11) is -0.469. The summed E-state index contributed by atoms with van der Waals surface area (Å²) in [6.45, 7) is 7.97. The largest absolute Gasteiger partial charge is 0.350 e. The molecule has 7 nitrogen and oxygen atoms in total. The highest BCUT2D eigenvalue weighted by Crippen LogP contribution is 2.23. The first kappa shape index (κ1) is 19.1. The van der Waals surface area contributed by atoms with Gasteiger partial charge in [0.05, 0.1) is 4.90 Å². The molecule has 0 fully saturated rings. The number of benzene rings is 1. The fraction of sp³-hybridized carbons (Fsp3) is 0.412. The van der Waals surface area contributed by atoms with Crippen LogP contribution in [0.2, 0.25) is 0 Å². The Kier molecular flexibility index (Phi) is 5.34. The number of rotatable bonds is 5. The highest BCUT2D eigenvalue weighted by atomic mass is 32.2. The van der Waals surface area contributed by atoms with Gasteiger partial charge in [-0.2, -0.15) is 4.98 Å². The van der Waals surface area contributed by atoms with Crippen LogP contribution in [0.3, 0.4) is 0 Å². The molecule has 1 aromatic carbocycles. The number of aryl methyl sites for hydroxylation is 1. The summed E-state index contributed by atoms with van der Waals surface area (Å²) in [5.74, 6) is 1.14. The lowest BCUT2D eigenvalue weighted by atomic mass is 10.1. The predicted molar refractivity (Wildman–Crippen MR) is 101 cm³/mol. The first-order valence-electron chi connectivity index (χ1n) is 7.90. The van der Waals surface area contributed by atoms with Gasteiger partial charge in [0.1, 0.15) is 5.82 Å². The van der Waals surface area contributed by atoms with E-state index in [9.17, 15) is 8.42 Å². The summed E-state index contributed by atoms with van der Waals surface area (Å²) in [6.07, 6.45) is 1.73. The van der Waals surface area contributed by atoms with Crippen LogP contribution in [0.25, 0.3) is 0 Å². The van der Waals surface area contributed by atoms with Crippen LogP contribution in [-0.2, 0) is 10.0 Å². The minimum atomic E-state index is -3.49. The van der Waals surface area contributed by atoms with Gasteiger partial charge >= 0.3 is 0 Å². The van der Waals surface area contributed by atoms with Gasteiger partial charge in [-0.25, -0.2) is 17.7 Å². The van der Waals surface area contributed by atoms with Gasteiger partial charge in [-0.3, -0.25) is 0 Å². The maximum atomic E-state index is 12.3. The van der Waals surface area contributed by atoms with Crippen molar-refractivity contribution in [3.63, 3.8) is 0 Å². The van der Waals surface area contributed by atoms with Crippen LogP contribution in [-0.4, -0.2) is 42.3 Å². The molecular weight excluding hydrogens is 338 g/mol. The van der Waals surface area contributed by atoms with Crippen molar-refractivity contribution in [2.75, 3.05) is 24.7 Å². The highest BCUT2D eigenvalue weighted by Gasteiger charge is 2.18. The lowest BCUT2D eigenvalue weighted by Crippen LogP contribution is -2.27.